The fraction of sp³-hybridized carbons (Fsp3) is 0.520. The van der Waals surface area contributed by atoms with Gasteiger partial charge in [-0.05, 0) is 36.6 Å². The van der Waals surface area contributed by atoms with Crippen LogP contribution in [0.4, 0.5) is 10.5 Å². The molecule has 0 saturated carbocycles. The third-order valence-corrected chi connectivity index (χ3v) is 6.26. The number of rotatable bonds is 12. The van der Waals surface area contributed by atoms with Crippen LogP contribution in [0.1, 0.15) is 31.2 Å². The number of alkyl carbamates (subject to hydrolysis) is 1. The van der Waals surface area contributed by atoms with Gasteiger partial charge < -0.3 is 55.3 Å². The number of aliphatic hydroxyl groups is 4. The highest BCUT2D eigenvalue weighted by atomic mass is 16.7. The summed E-state index contributed by atoms with van der Waals surface area (Å²) in [6.45, 7) is 0.175. The number of nitrogens with zero attached hydrogens (tertiary/aromatic N) is 1. The normalized spacial score (nSPS) is 25.9. The van der Waals surface area contributed by atoms with Gasteiger partial charge in [-0.15, -0.1) is 0 Å². The Kier molecular flexibility index (Phi) is 10.8. The molecule has 0 aromatic heterocycles. The van der Waals surface area contributed by atoms with Crippen molar-refractivity contribution in [2.75, 3.05) is 18.9 Å². The van der Waals surface area contributed by atoms with Crippen molar-refractivity contribution in [3.05, 3.63) is 35.9 Å². The fourth-order valence-corrected chi connectivity index (χ4v) is 4.06. The first kappa shape index (κ1) is 30.8. The predicted molar refractivity (Wildman–Crippen MR) is 135 cm³/mol. The molecule has 220 valence electrons. The van der Waals surface area contributed by atoms with Gasteiger partial charge in [-0.3, -0.25) is 9.59 Å². The fourth-order valence-electron chi connectivity index (χ4n) is 4.06. The molecule has 1 saturated heterocycles. The molecule has 6 atom stereocenters. The number of nitrogens with one attached hydrogen (secondary N) is 2. The first-order valence-electron chi connectivity index (χ1n) is 12.5. The molecule has 0 aliphatic carbocycles. The predicted octanol–water partition coefficient (Wildman–Crippen LogP) is -0.971. The summed E-state index contributed by atoms with van der Waals surface area (Å²) in [6.07, 6.45) is -6.43. The molecule has 0 radical (unpaired) electrons. The maximum Gasteiger partial charge on any atom is 0.407 e. The average Bonchev–Trinajstić information content (AvgIpc) is 3.24. The van der Waals surface area contributed by atoms with Crippen molar-refractivity contribution in [2.45, 2.75) is 69.2 Å². The molecule has 0 spiro atoms. The highest BCUT2D eigenvalue weighted by Crippen LogP contribution is 2.31. The van der Waals surface area contributed by atoms with E-state index in [9.17, 15) is 44.7 Å². The van der Waals surface area contributed by atoms with Crippen molar-refractivity contribution in [2.24, 2.45) is 0 Å². The lowest BCUT2D eigenvalue weighted by atomic mass is 9.99. The van der Waals surface area contributed by atoms with Crippen LogP contribution in [0, 0.1) is 0 Å². The second-order valence-electron chi connectivity index (χ2n) is 9.17. The molecule has 3 rings (SSSR count). The third-order valence-electron chi connectivity index (χ3n) is 6.26. The van der Waals surface area contributed by atoms with Gasteiger partial charge in [0.1, 0.15) is 36.9 Å². The van der Waals surface area contributed by atoms with Crippen molar-refractivity contribution >= 4 is 29.6 Å². The molecule has 15 heteroatoms. The van der Waals surface area contributed by atoms with Crippen LogP contribution in [0.15, 0.2) is 30.4 Å². The van der Waals surface area contributed by atoms with E-state index in [-0.39, 0.29) is 30.4 Å². The highest BCUT2D eigenvalue weighted by molar-refractivity contribution is 5.92. The number of ether oxygens (including phenoxy) is 3. The van der Waals surface area contributed by atoms with E-state index in [1.165, 1.54) is 42.3 Å². The quantitative estimate of drug-likeness (QED) is 0.152. The minimum Gasteiger partial charge on any atom is -0.479 e. The topological polar surface area (TPSA) is 224 Å². The summed E-state index contributed by atoms with van der Waals surface area (Å²) in [5.74, 6) is -2.33. The number of hydrogen-bond acceptors (Lipinski definition) is 11. The van der Waals surface area contributed by atoms with Gasteiger partial charge in [-0.2, -0.15) is 0 Å². The van der Waals surface area contributed by atoms with Crippen LogP contribution in [-0.2, 0) is 30.5 Å². The molecule has 1 aromatic rings. The zero-order valence-electron chi connectivity index (χ0n) is 21.6. The SMILES string of the molecule is CNC(=O)OCc1ccc(O[C@@H]2O[C@H](C(=O)O)[C@@H](O)[C@H](O)[C@H]2O)c(NC(=O)CCCCCN2C(=O)C=CC2O)c1. The highest BCUT2D eigenvalue weighted by Gasteiger charge is 2.48. The molecule has 3 amide bonds. The molecular weight excluding hydrogens is 534 g/mol. The van der Waals surface area contributed by atoms with Crippen molar-refractivity contribution < 1.29 is 58.9 Å². The van der Waals surface area contributed by atoms with Gasteiger partial charge in [0.15, 0.2) is 6.10 Å². The van der Waals surface area contributed by atoms with E-state index in [2.05, 4.69) is 10.6 Å². The summed E-state index contributed by atoms with van der Waals surface area (Å²) in [7, 11) is 1.39. The lowest BCUT2D eigenvalue weighted by Crippen LogP contribution is -2.61. The van der Waals surface area contributed by atoms with E-state index in [0.29, 0.717) is 31.4 Å². The minimum atomic E-state index is -1.90. The zero-order chi connectivity index (χ0) is 29.4. The number of amides is 3. The molecule has 15 nitrogen and oxygen atoms in total. The van der Waals surface area contributed by atoms with Gasteiger partial charge in [-0.1, -0.05) is 12.5 Å². The molecular formula is C25H33N3O12. The molecule has 2 aliphatic heterocycles. The van der Waals surface area contributed by atoms with E-state index in [1.54, 1.807) is 0 Å². The summed E-state index contributed by atoms with van der Waals surface area (Å²) in [5, 5.41) is 54.2. The summed E-state index contributed by atoms with van der Waals surface area (Å²) >= 11 is 0. The van der Waals surface area contributed by atoms with Crippen molar-refractivity contribution in [3.63, 3.8) is 0 Å². The summed E-state index contributed by atoms with van der Waals surface area (Å²) in [6, 6.07) is 4.30. The number of anilines is 1. The molecule has 7 N–H and O–H groups in total. The third kappa shape index (κ3) is 7.89. The Balaban J connectivity index is 1.65. The Morgan fingerprint density at radius 3 is 2.45 bits per heavy atom. The van der Waals surface area contributed by atoms with Gasteiger partial charge >= 0.3 is 12.1 Å². The van der Waals surface area contributed by atoms with Gasteiger partial charge in [-0.25, -0.2) is 9.59 Å². The molecule has 1 fully saturated rings. The second-order valence-corrected chi connectivity index (χ2v) is 9.17. The Hall–Kier alpha value is -3.76. The minimum absolute atomic E-state index is 0.0529. The number of aliphatic hydroxyl groups excluding tert-OH is 4. The summed E-state index contributed by atoms with van der Waals surface area (Å²) < 4.78 is 15.8. The Morgan fingerprint density at radius 1 is 1.05 bits per heavy atom. The molecule has 40 heavy (non-hydrogen) atoms. The number of unbranched alkanes of at least 4 members (excludes halogenated alkanes) is 2. The molecule has 0 bridgehead atoms. The van der Waals surface area contributed by atoms with Crippen LogP contribution in [-0.4, -0.2) is 105 Å². The van der Waals surface area contributed by atoms with Crippen molar-refractivity contribution in [1.29, 1.82) is 0 Å². The molecule has 1 unspecified atom stereocenters. The van der Waals surface area contributed by atoms with Crippen LogP contribution in [0.25, 0.3) is 0 Å². The molecule has 2 aliphatic rings. The lowest BCUT2D eigenvalue weighted by Gasteiger charge is -2.38. The monoisotopic (exact) mass is 567 g/mol. The maximum absolute atomic E-state index is 12.7. The van der Waals surface area contributed by atoms with Crippen LogP contribution in [0.3, 0.4) is 0 Å². The number of carboxylic acids is 1. The van der Waals surface area contributed by atoms with E-state index < -0.39 is 54.9 Å². The largest absolute Gasteiger partial charge is 0.479 e. The Morgan fingerprint density at radius 2 is 1.80 bits per heavy atom. The van der Waals surface area contributed by atoms with E-state index in [0.717, 1.165) is 0 Å². The van der Waals surface area contributed by atoms with Gasteiger partial charge in [0.25, 0.3) is 0 Å². The number of hydrogen-bond donors (Lipinski definition) is 7. The second kappa shape index (κ2) is 14.0. The van der Waals surface area contributed by atoms with Crippen LogP contribution < -0.4 is 15.4 Å². The Bertz CT molecular complexity index is 1110. The Labute approximate surface area is 228 Å². The average molecular weight is 568 g/mol. The number of carbonyl (C=O) groups excluding carboxylic acids is 3. The van der Waals surface area contributed by atoms with E-state index in [1.807, 2.05) is 0 Å². The van der Waals surface area contributed by atoms with Crippen LogP contribution >= 0.6 is 0 Å². The van der Waals surface area contributed by atoms with Crippen molar-refractivity contribution in [1.82, 2.24) is 10.2 Å². The smallest absolute Gasteiger partial charge is 0.407 e. The molecule has 1 aromatic carbocycles. The lowest BCUT2D eigenvalue weighted by molar-refractivity contribution is -0.271. The van der Waals surface area contributed by atoms with Crippen LogP contribution in [0.2, 0.25) is 0 Å². The first-order valence-corrected chi connectivity index (χ1v) is 12.5. The standard InChI is InChI=1S/C25H33N3O12/c1-26-25(37)38-12-13-6-7-15(39-24-21(34)19(32)20(33)22(40-24)23(35)36)14(11-13)27-16(29)5-3-2-4-10-28-17(30)8-9-18(28)31/h6-9,11,17,19-22,24,30,32-34H,2-5,10,12H2,1H3,(H,26,37)(H,27,29)(H,35,36)/t17?,19-,20-,21+,22-,24+/m0/s1. The number of benzene rings is 1. The van der Waals surface area contributed by atoms with Gasteiger partial charge in [0, 0.05) is 26.1 Å². The molecule has 2 heterocycles. The van der Waals surface area contributed by atoms with E-state index >= 15 is 0 Å². The number of aliphatic carboxylic acids is 1. The number of carboxylic acid groups (broad SMARTS) is 1. The number of carbonyl (C=O) groups is 4. The first-order chi connectivity index (χ1) is 19.0. The van der Waals surface area contributed by atoms with Gasteiger partial charge in [0.2, 0.25) is 18.1 Å². The van der Waals surface area contributed by atoms with E-state index in [4.69, 9.17) is 14.2 Å². The van der Waals surface area contributed by atoms with Crippen molar-refractivity contribution in [3.8, 4) is 5.75 Å². The maximum atomic E-state index is 12.7. The zero-order valence-corrected chi connectivity index (χ0v) is 21.6. The summed E-state index contributed by atoms with van der Waals surface area (Å²) in [4.78, 5) is 48.5. The van der Waals surface area contributed by atoms with Gasteiger partial charge in [0.05, 0.1) is 5.69 Å². The summed E-state index contributed by atoms with van der Waals surface area (Å²) in [5.41, 5.74) is 0.542. The van der Waals surface area contributed by atoms with Crippen LogP contribution in [0.5, 0.6) is 5.75 Å².